The fraction of sp³-hybridized carbons (Fsp3) is 0.727. The molecule has 15 heavy (non-hydrogen) atoms. The lowest BCUT2D eigenvalue weighted by atomic mass is 10.2. The number of rotatable bonds is 3. The Morgan fingerprint density at radius 3 is 2.87 bits per heavy atom. The second-order valence-corrected chi connectivity index (χ2v) is 6.23. The zero-order chi connectivity index (χ0) is 10.8. The van der Waals surface area contributed by atoms with Gasteiger partial charge in [0.05, 0.1) is 12.2 Å². The Bertz CT molecular complexity index is 318. The summed E-state index contributed by atoms with van der Waals surface area (Å²) >= 11 is 5.41. The summed E-state index contributed by atoms with van der Waals surface area (Å²) in [6.45, 7) is 7.75. The van der Waals surface area contributed by atoms with Crippen LogP contribution < -0.4 is 0 Å². The van der Waals surface area contributed by atoms with Gasteiger partial charge in [0.25, 0.3) is 0 Å². The minimum atomic E-state index is 0.840. The highest BCUT2D eigenvalue weighted by molar-refractivity contribution is 9.09. The van der Waals surface area contributed by atoms with Gasteiger partial charge in [-0.25, -0.2) is 4.98 Å². The van der Waals surface area contributed by atoms with E-state index in [1.807, 2.05) is 11.3 Å². The molecule has 2 nitrogen and oxygen atoms in total. The van der Waals surface area contributed by atoms with Crippen molar-refractivity contribution >= 4 is 27.3 Å². The van der Waals surface area contributed by atoms with Gasteiger partial charge in [-0.1, -0.05) is 15.9 Å². The van der Waals surface area contributed by atoms with Crippen molar-refractivity contribution in [2.75, 3.05) is 18.4 Å². The molecular weight excluding hydrogens is 272 g/mol. The first-order chi connectivity index (χ1) is 7.19. The summed E-state index contributed by atoms with van der Waals surface area (Å²) in [5.74, 6) is 0.840. The molecule has 0 spiro atoms. The average molecular weight is 289 g/mol. The minimum absolute atomic E-state index is 0.840. The molecule has 1 aromatic heterocycles. The van der Waals surface area contributed by atoms with E-state index in [0.717, 1.165) is 17.8 Å². The standard InChI is InChI=1S/C11H17BrN2S/c1-8-9(2)15-11(13-8)7-14-4-3-10(5-12)6-14/h10H,3-7H2,1-2H3. The lowest BCUT2D eigenvalue weighted by molar-refractivity contribution is 0.320. The van der Waals surface area contributed by atoms with E-state index < -0.39 is 0 Å². The molecule has 84 valence electrons. The van der Waals surface area contributed by atoms with Crippen molar-refractivity contribution in [3.63, 3.8) is 0 Å². The van der Waals surface area contributed by atoms with Gasteiger partial charge in [0.2, 0.25) is 0 Å². The largest absolute Gasteiger partial charge is 0.296 e. The molecule has 1 saturated heterocycles. The van der Waals surface area contributed by atoms with Gasteiger partial charge in [-0.15, -0.1) is 11.3 Å². The summed E-state index contributed by atoms with van der Waals surface area (Å²) in [6, 6.07) is 0. The zero-order valence-electron chi connectivity index (χ0n) is 9.29. The summed E-state index contributed by atoms with van der Waals surface area (Å²) in [4.78, 5) is 8.47. The Balaban J connectivity index is 1.92. The summed E-state index contributed by atoms with van der Waals surface area (Å²) in [6.07, 6.45) is 1.33. The second-order valence-electron chi connectivity index (χ2n) is 4.29. The van der Waals surface area contributed by atoms with Crippen LogP contribution >= 0.6 is 27.3 Å². The van der Waals surface area contributed by atoms with Gasteiger partial charge < -0.3 is 0 Å². The van der Waals surface area contributed by atoms with Gasteiger partial charge in [0.15, 0.2) is 0 Å². The molecule has 0 N–H and O–H groups in total. The van der Waals surface area contributed by atoms with Crippen molar-refractivity contribution in [3.8, 4) is 0 Å². The van der Waals surface area contributed by atoms with Crippen molar-refractivity contribution in [1.82, 2.24) is 9.88 Å². The summed E-state index contributed by atoms with van der Waals surface area (Å²) in [7, 11) is 0. The van der Waals surface area contributed by atoms with Gasteiger partial charge in [-0.2, -0.15) is 0 Å². The molecule has 4 heteroatoms. The van der Waals surface area contributed by atoms with E-state index in [2.05, 4.69) is 39.7 Å². The Morgan fingerprint density at radius 2 is 2.33 bits per heavy atom. The van der Waals surface area contributed by atoms with Crippen molar-refractivity contribution in [1.29, 1.82) is 0 Å². The fourth-order valence-electron chi connectivity index (χ4n) is 1.98. The van der Waals surface area contributed by atoms with E-state index in [-0.39, 0.29) is 0 Å². The number of alkyl halides is 1. The third kappa shape index (κ3) is 2.80. The van der Waals surface area contributed by atoms with Gasteiger partial charge >= 0.3 is 0 Å². The molecule has 1 aliphatic rings. The van der Waals surface area contributed by atoms with Crippen LogP contribution in [-0.2, 0) is 6.54 Å². The molecule has 1 unspecified atom stereocenters. The molecule has 1 atom stereocenters. The molecule has 0 aromatic carbocycles. The molecule has 2 rings (SSSR count). The van der Waals surface area contributed by atoms with Crippen LogP contribution in [0.5, 0.6) is 0 Å². The van der Waals surface area contributed by atoms with Crippen LogP contribution in [0.25, 0.3) is 0 Å². The maximum absolute atomic E-state index is 4.59. The molecule has 2 heterocycles. The molecular formula is C11H17BrN2S. The van der Waals surface area contributed by atoms with Crippen LogP contribution in [0.4, 0.5) is 0 Å². The molecule has 0 amide bonds. The predicted octanol–water partition coefficient (Wildman–Crippen LogP) is 2.98. The van der Waals surface area contributed by atoms with E-state index in [0.29, 0.717) is 0 Å². The van der Waals surface area contributed by atoms with E-state index >= 15 is 0 Å². The first-order valence-electron chi connectivity index (χ1n) is 5.40. The highest BCUT2D eigenvalue weighted by Crippen LogP contribution is 2.23. The molecule has 1 fully saturated rings. The van der Waals surface area contributed by atoms with Crippen LogP contribution in [0.3, 0.4) is 0 Å². The summed E-state index contributed by atoms with van der Waals surface area (Å²) in [5.41, 5.74) is 1.20. The van der Waals surface area contributed by atoms with E-state index in [4.69, 9.17) is 0 Å². The number of nitrogens with zero attached hydrogens (tertiary/aromatic N) is 2. The summed E-state index contributed by atoms with van der Waals surface area (Å²) in [5, 5.41) is 2.42. The number of aromatic nitrogens is 1. The van der Waals surface area contributed by atoms with Crippen LogP contribution in [0, 0.1) is 19.8 Å². The van der Waals surface area contributed by atoms with Crippen LogP contribution in [0.15, 0.2) is 0 Å². The first kappa shape index (κ1) is 11.6. The van der Waals surface area contributed by atoms with Crippen LogP contribution in [0.2, 0.25) is 0 Å². The SMILES string of the molecule is Cc1nc(CN2CCC(CBr)C2)sc1C. The maximum atomic E-state index is 4.59. The normalized spacial score (nSPS) is 22.5. The Morgan fingerprint density at radius 1 is 1.53 bits per heavy atom. The monoisotopic (exact) mass is 288 g/mol. The third-order valence-electron chi connectivity index (χ3n) is 3.02. The molecule has 0 saturated carbocycles. The number of hydrogen-bond donors (Lipinski definition) is 0. The first-order valence-corrected chi connectivity index (χ1v) is 7.34. The molecule has 0 radical (unpaired) electrons. The van der Waals surface area contributed by atoms with E-state index in [1.54, 1.807) is 0 Å². The highest BCUT2D eigenvalue weighted by atomic mass is 79.9. The quantitative estimate of drug-likeness (QED) is 0.795. The summed E-state index contributed by atoms with van der Waals surface area (Å²) < 4.78 is 0. The topological polar surface area (TPSA) is 16.1 Å². The molecule has 0 bridgehead atoms. The highest BCUT2D eigenvalue weighted by Gasteiger charge is 2.22. The Hall–Kier alpha value is 0.0700. The lowest BCUT2D eigenvalue weighted by Crippen LogP contribution is -2.20. The Labute approximate surface area is 104 Å². The smallest absolute Gasteiger partial charge is 0.107 e. The molecule has 1 aromatic rings. The molecule has 1 aliphatic heterocycles. The van der Waals surface area contributed by atoms with Gasteiger partial charge in [-0.3, -0.25) is 4.90 Å². The van der Waals surface area contributed by atoms with Gasteiger partial charge in [0, 0.05) is 16.8 Å². The van der Waals surface area contributed by atoms with Crippen molar-refractivity contribution in [2.45, 2.75) is 26.8 Å². The average Bonchev–Trinajstić information content (AvgIpc) is 2.76. The van der Waals surface area contributed by atoms with E-state index in [1.165, 1.54) is 35.1 Å². The van der Waals surface area contributed by atoms with Crippen molar-refractivity contribution in [3.05, 3.63) is 15.6 Å². The van der Waals surface area contributed by atoms with Crippen LogP contribution in [-0.4, -0.2) is 28.3 Å². The second kappa shape index (κ2) is 4.93. The van der Waals surface area contributed by atoms with Crippen LogP contribution in [0.1, 0.15) is 22.0 Å². The zero-order valence-corrected chi connectivity index (χ0v) is 11.7. The van der Waals surface area contributed by atoms with Gasteiger partial charge in [-0.05, 0) is 32.7 Å². The van der Waals surface area contributed by atoms with Gasteiger partial charge in [0.1, 0.15) is 5.01 Å². The van der Waals surface area contributed by atoms with Crippen molar-refractivity contribution < 1.29 is 0 Å². The number of halogens is 1. The third-order valence-corrected chi connectivity index (χ3v) is 4.99. The Kier molecular flexibility index (Phi) is 3.80. The number of thiazole rings is 1. The van der Waals surface area contributed by atoms with E-state index in [9.17, 15) is 0 Å². The number of aryl methyl sites for hydroxylation is 2. The lowest BCUT2D eigenvalue weighted by Gasteiger charge is -2.13. The van der Waals surface area contributed by atoms with Crippen molar-refractivity contribution in [2.24, 2.45) is 5.92 Å². The number of hydrogen-bond acceptors (Lipinski definition) is 3. The number of likely N-dealkylation sites (tertiary alicyclic amines) is 1. The minimum Gasteiger partial charge on any atom is -0.296 e. The predicted molar refractivity (Wildman–Crippen MR) is 68.8 cm³/mol. The molecule has 0 aliphatic carbocycles. The maximum Gasteiger partial charge on any atom is 0.107 e. The fourth-order valence-corrected chi connectivity index (χ4v) is 3.49.